The summed E-state index contributed by atoms with van der Waals surface area (Å²) in [6, 6.07) is 10.9. The molecule has 3 rings (SSSR count). The van der Waals surface area contributed by atoms with Gasteiger partial charge in [0.1, 0.15) is 12.1 Å². The zero-order chi connectivity index (χ0) is 23.5. The molecule has 170 valence electrons. The van der Waals surface area contributed by atoms with E-state index in [0.29, 0.717) is 24.5 Å². The predicted molar refractivity (Wildman–Crippen MR) is 113 cm³/mol. The Morgan fingerprint density at radius 2 is 1.84 bits per heavy atom. The molecule has 4 amide bonds. The first-order chi connectivity index (χ1) is 15.1. The molecule has 0 spiro atoms. The van der Waals surface area contributed by atoms with Crippen LogP contribution in [0.3, 0.4) is 0 Å². The SMILES string of the molecule is CCCCC1(c2ccccc2)NC(=O)N(CC(=O)Nc2ccc(Cl)c(C(F)(F)F)c2)C1=O. The number of nitrogens with zero attached hydrogens (tertiary/aromatic N) is 1. The third-order valence-corrected chi connectivity index (χ3v) is 5.53. The number of carbonyl (C=O) groups is 3. The van der Waals surface area contributed by atoms with E-state index in [1.165, 1.54) is 6.07 Å². The van der Waals surface area contributed by atoms with Gasteiger partial charge in [0, 0.05) is 5.69 Å². The summed E-state index contributed by atoms with van der Waals surface area (Å²) in [5, 5.41) is 4.50. The number of imide groups is 1. The minimum atomic E-state index is -4.70. The number of alkyl halides is 3. The van der Waals surface area contributed by atoms with Gasteiger partial charge in [0.25, 0.3) is 5.91 Å². The molecule has 1 atom stereocenters. The zero-order valence-corrected chi connectivity index (χ0v) is 17.9. The predicted octanol–water partition coefficient (Wildman–Crippen LogP) is 4.93. The van der Waals surface area contributed by atoms with Crippen LogP contribution >= 0.6 is 11.6 Å². The normalized spacial score (nSPS) is 18.6. The fraction of sp³-hybridized carbons (Fsp3) is 0.318. The van der Waals surface area contributed by atoms with Crippen molar-refractivity contribution in [1.82, 2.24) is 10.2 Å². The summed E-state index contributed by atoms with van der Waals surface area (Å²) in [5.74, 6) is -1.40. The minimum Gasteiger partial charge on any atom is -0.325 e. The lowest BCUT2D eigenvalue weighted by Gasteiger charge is -2.27. The van der Waals surface area contributed by atoms with Crippen LogP contribution in [0.25, 0.3) is 0 Å². The Kier molecular flexibility index (Phi) is 6.78. The lowest BCUT2D eigenvalue weighted by Crippen LogP contribution is -2.44. The zero-order valence-electron chi connectivity index (χ0n) is 17.1. The van der Waals surface area contributed by atoms with E-state index >= 15 is 0 Å². The topological polar surface area (TPSA) is 78.5 Å². The fourth-order valence-corrected chi connectivity index (χ4v) is 3.83. The minimum absolute atomic E-state index is 0.154. The van der Waals surface area contributed by atoms with E-state index in [0.717, 1.165) is 17.4 Å². The van der Waals surface area contributed by atoms with Crippen molar-refractivity contribution in [2.45, 2.75) is 37.9 Å². The molecule has 10 heteroatoms. The molecule has 1 aliphatic rings. The summed E-state index contributed by atoms with van der Waals surface area (Å²) in [7, 11) is 0. The van der Waals surface area contributed by atoms with Crippen LogP contribution in [-0.2, 0) is 21.3 Å². The molecule has 2 aromatic rings. The van der Waals surface area contributed by atoms with Gasteiger partial charge in [-0.05, 0) is 30.2 Å². The highest BCUT2D eigenvalue weighted by Crippen LogP contribution is 2.36. The fourth-order valence-electron chi connectivity index (χ4n) is 3.61. The van der Waals surface area contributed by atoms with Gasteiger partial charge >= 0.3 is 12.2 Å². The number of urea groups is 1. The number of carbonyl (C=O) groups excluding carboxylic acids is 3. The first-order valence-electron chi connectivity index (χ1n) is 9.94. The molecule has 0 aliphatic carbocycles. The Morgan fingerprint density at radius 1 is 1.16 bits per heavy atom. The van der Waals surface area contributed by atoms with Gasteiger partial charge in [-0.1, -0.05) is 61.7 Å². The standard InChI is InChI=1S/C22H21ClF3N3O3/c1-2-3-11-21(14-7-5-4-6-8-14)19(31)29(20(32)28-21)13-18(30)27-15-9-10-17(23)16(12-15)22(24,25)26/h4-10,12H,2-3,11,13H2,1H3,(H,27,30)(H,28,32). The molecular weight excluding hydrogens is 447 g/mol. The molecule has 2 N–H and O–H groups in total. The van der Waals surface area contributed by atoms with Crippen LogP contribution in [-0.4, -0.2) is 29.3 Å². The Bertz CT molecular complexity index is 1030. The van der Waals surface area contributed by atoms with Crippen molar-refractivity contribution < 1.29 is 27.6 Å². The van der Waals surface area contributed by atoms with Crippen molar-refractivity contribution in [2.75, 3.05) is 11.9 Å². The van der Waals surface area contributed by atoms with Crippen molar-refractivity contribution >= 4 is 35.1 Å². The molecule has 6 nitrogen and oxygen atoms in total. The highest BCUT2D eigenvalue weighted by molar-refractivity contribution is 6.31. The summed E-state index contributed by atoms with van der Waals surface area (Å²) in [5.41, 5.74) is -1.95. The van der Waals surface area contributed by atoms with Gasteiger partial charge < -0.3 is 10.6 Å². The summed E-state index contributed by atoms with van der Waals surface area (Å²) in [6.07, 6.45) is -2.90. The second-order valence-corrected chi connectivity index (χ2v) is 7.84. The molecule has 0 saturated carbocycles. The Morgan fingerprint density at radius 3 is 2.47 bits per heavy atom. The van der Waals surface area contributed by atoms with E-state index in [1.54, 1.807) is 30.3 Å². The summed E-state index contributed by atoms with van der Waals surface area (Å²) < 4.78 is 39.1. The largest absolute Gasteiger partial charge is 0.417 e. The molecule has 0 bridgehead atoms. The number of hydrogen-bond donors (Lipinski definition) is 2. The van der Waals surface area contributed by atoms with E-state index in [1.807, 2.05) is 6.92 Å². The highest BCUT2D eigenvalue weighted by atomic mass is 35.5. The van der Waals surface area contributed by atoms with Crippen LogP contribution in [0, 0.1) is 0 Å². The lowest BCUT2D eigenvalue weighted by atomic mass is 9.85. The third kappa shape index (κ3) is 4.72. The van der Waals surface area contributed by atoms with Crippen molar-refractivity contribution in [3.8, 4) is 0 Å². The molecule has 0 aromatic heterocycles. The van der Waals surface area contributed by atoms with Crippen LogP contribution in [0.5, 0.6) is 0 Å². The van der Waals surface area contributed by atoms with Crippen LogP contribution in [0.1, 0.15) is 37.3 Å². The van der Waals surface area contributed by atoms with Crippen LogP contribution in [0.2, 0.25) is 5.02 Å². The number of nitrogens with one attached hydrogen (secondary N) is 2. The number of halogens is 4. The van der Waals surface area contributed by atoms with E-state index < -0.39 is 46.7 Å². The molecular formula is C22H21ClF3N3O3. The highest BCUT2D eigenvalue weighted by Gasteiger charge is 2.52. The van der Waals surface area contributed by atoms with Crippen molar-refractivity contribution in [3.63, 3.8) is 0 Å². The monoisotopic (exact) mass is 467 g/mol. The van der Waals surface area contributed by atoms with Gasteiger partial charge in [-0.25, -0.2) is 4.79 Å². The van der Waals surface area contributed by atoms with E-state index in [2.05, 4.69) is 10.6 Å². The maximum atomic E-state index is 13.3. The average Bonchev–Trinajstić information content (AvgIpc) is 2.98. The molecule has 1 aliphatic heterocycles. The van der Waals surface area contributed by atoms with E-state index in [4.69, 9.17) is 11.6 Å². The number of anilines is 1. The van der Waals surface area contributed by atoms with Gasteiger partial charge in [-0.2, -0.15) is 13.2 Å². The number of unbranched alkanes of at least 4 members (excludes halogenated alkanes) is 1. The van der Waals surface area contributed by atoms with E-state index in [9.17, 15) is 27.6 Å². The maximum absolute atomic E-state index is 13.3. The van der Waals surface area contributed by atoms with Crippen molar-refractivity contribution in [3.05, 3.63) is 64.7 Å². The third-order valence-electron chi connectivity index (χ3n) is 5.20. The Hall–Kier alpha value is -3.07. The molecule has 1 fully saturated rings. The first-order valence-corrected chi connectivity index (χ1v) is 10.3. The number of amides is 4. The van der Waals surface area contributed by atoms with Crippen molar-refractivity contribution in [1.29, 1.82) is 0 Å². The van der Waals surface area contributed by atoms with Crippen LogP contribution in [0.4, 0.5) is 23.7 Å². The van der Waals surface area contributed by atoms with Gasteiger partial charge in [-0.3, -0.25) is 14.5 Å². The molecule has 32 heavy (non-hydrogen) atoms. The number of rotatable bonds is 7. The Labute approximate surface area is 187 Å². The van der Waals surface area contributed by atoms with Crippen LogP contribution in [0.15, 0.2) is 48.5 Å². The molecule has 1 unspecified atom stereocenters. The summed E-state index contributed by atoms with van der Waals surface area (Å²) >= 11 is 5.59. The van der Waals surface area contributed by atoms with Gasteiger partial charge in [0.05, 0.1) is 10.6 Å². The quantitative estimate of drug-likeness (QED) is 0.566. The molecule has 1 saturated heterocycles. The van der Waals surface area contributed by atoms with E-state index in [-0.39, 0.29) is 5.69 Å². The van der Waals surface area contributed by atoms with Gasteiger partial charge in [0.2, 0.25) is 5.91 Å². The van der Waals surface area contributed by atoms with Gasteiger partial charge in [0.15, 0.2) is 0 Å². The lowest BCUT2D eigenvalue weighted by molar-refractivity contribution is -0.137. The first kappa shape index (κ1) is 23.6. The molecule has 0 radical (unpaired) electrons. The summed E-state index contributed by atoms with van der Waals surface area (Å²) in [4.78, 5) is 39.1. The van der Waals surface area contributed by atoms with Gasteiger partial charge in [-0.15, -0.1) is 0 Å². The Balaban J connectivity index is 1.80. The average molecular weight is 468 g/mol. The summed E-state index contributed by atoms with van der Waals surface area (Å²) in [6.45, 7) is 1.31. The van der Waals surface area contributed by atoms with Crippen LogP contribution < -0.4 is 10.6 Å². The molecule has 2 aromatic carbocycles. The number of benzene rings is 2. The second kappa shape index (κ2) is 9.20. The maximum Gasteiger partial charge on any atom is 0.417 e. The van der Waals surface area contributed by atoms with Crippen molar-refractivity contribution in [2.24, 2.45) is 0 Å². The number of hydrogen-bond acceptors (Lipinski definition) is 3. The second-order valence-electron chi connectivity index (χ2n) is 7.44. The smallest absolute Gasteiger partial charge is 0.325 e. The molecule has 1 heterocycles.